The van der Waals surface area contributed by atoms with Crippen LogP contribution in [-0.2, 0) is 13.2 Å². The minimum atomic E-state index is 0.0107. The van der Waals surface area contributed by atoms with E-state index in [4.69, 9.17) is 0 Å². The lowest BCUT2D eigenvalue weighted by Crippen LogP contribution is -2.43. The van der Waals surface area contributed by atoms with Gasteiger partial charge in [-0.15, -0.1) is 0 Å². The van der Waals surface area contributed by atoms with Crippen molar-refractivity contribution in [1.29, 1.82) is 0 Å². The maximum Gasteiger partial charge on any atom is 0.253 e. The second-order valence-corrected chi connectivity index (χ2v) is 7.58. The average Bonchev–Trinajstić information content (AvgIpc) is 3.00. The lowest BCUT2D eigenvalue weighted by atomic mass is 9.94. The predicted octanol–water partition coefficient (Wildman–Crippen LogP) is 2.92. The number of aliphatic hydroxyl groups is 1. The van der Waals surface area contributed by atoms with E-state index >= 15 is 0 Å². The Morgan fingerprint density at radius 1 is 0.923 bits per heavy atom. The van der Waals surface area contributed by atoms with Gasteiger partial charge in [-0.2, -0.15) is 0 Å². The zero-order chi connectivity index (χ0) is 17.9. The summed E-state index contributed by atoms with van der Waals surface area (Å²) in [7, 11) is 0. The van der Waals surface area contributed by atoms with Crippen LogP contribution < -0.4 is 0 Å². The third kappa shape index (κ3) is 3.67. The summed E-state index contributed by atoms with van der Waals surface area (Å²) in [4.78, 5) is 17.6. The van der Waals surface area contributed by atoms with Crippen molar-refractivity contribution >= 4 is 5.91 Å². The Morgan fingerprint density at radius 3 is 2.42 bits per heavy atom. The van der Waals surface area contributed by atoms with Crippen molar-refractivity contribution in [2.24, 2.45) is 5.92 Å². The molecule has 0 aliphatic carbocycles. The van der Waals surface area contributed by atoms with Crippen molar-refractivity contribution in [3.05, 3.63) is 71.3 Å². The highest BCUT2D eigenvalue weighted by Gasteiger charge is 2.36. The quantitative estimate of drug-likeness (QED) is 0.922. The first-order valence-electron chi connectivity index (χ1n) is 9.50. The SMILES string of the molecule is O=C(c1ccc(CO)cc1)N1C[C@H]2CC[C@@H](C1)N(Cc1ccccc1)C2. The van der Waals surface area contributed by atoms with E-state index < -0.39 is 0 Å². The summed E-state index contributed by atoms with van der Waals surface area (Å²) < 4.78 is 0. The summed E-state index contributed by atoms with van der Waals surface area (Å²) in [6, 6.07) is 18.4. The number of aliphatic hydroxyl groups excluding tert-OH is 1. The molecule has 2 aromatic rings. The maximum atomic E-state index is 13.0. The summed E-state index contributed by atoms with van der Waals surface area (Å²) >= 11 is 0. The lowest BCUT2D eigenvalue weighted by molar-refractivity contribution is 0.0736. The third-order valence-corrected chi connectivity index (χ3v) is 5.73. The summed E-state index contributed by atoms with van der Waals surface area (Å²) in [6.07, 6.45) is 2.38. The number of amides is 1. The molecule has 136 valence electrons. The van der Waals surface area contributed by atoms with Gasteiger partial charge in [-0.05, 0) is 42.0 Å². The molecule has 3 fully saturated rings. The van der Waals surface area contributed by atoms with Gasteiger partial charge in [0, 0.05) is 37.8 Å². The van der Waals surface area contributed by atoms with Crippen molar-refractivity contribution in [3.8, 4) is 0 Å². The molecular formula is C22H26N2O2. The summed E-state index contributed by atoms with van der Waals surface area (Å²) in [5, 5.41) is 9.18. The Kier molecular flexibility index (Phi) is 5.05. The monoisotopic (exact) mass is 350 g/mol. The molecule has 2 atom stereocenters. The second kappa shape index (κ2) is 7.60. The normalized spacial score (nSPS) is 23.0. The molecule has 3 heterocycles. The van der Waals surface area contributed by atoms with Crippen molar-refractivity contribution in [2.75, 3.05) is 19.6 Å². The molecule has 0 unspecified atom stereocenters. The van der Waals surface area contributed by atoms with Crippen LogP contribution in [-0.4, -0.2) is 46.5 Å². The van der Waals surface area contributed by atoms with Gasteiger partial charge in [-0.1, -0.05) is 42.5 Å². The fraction of sp³-hybridized carbons (Fsp3) is 0.409. The molecule has 2 aromatic carbocycles. The average molecular weight is 350 g/mol. The number of carbonyl (C=O) groups is 1. The smallest absolute Gasteiger partial charge is 0.253 e. The maximum absolute atomic E-state index is 13.0. The minimum absolute atomic E-state index is 0.0107. The zero-order valence-corrected chi connectivity index (χ0v) is 15.1. The first-order chi connectivity index (χ1) is 12.7. The van der Waals surface area contributed by atoms with Crippen LogP contribution in [0, 0.1) is 5.92 Å². The van der Waals surface area contributed by atoms with Crippen LogP contribution >= 0.6 is 0 Å². The molecule has 4 heteroatoms. The van der Waals surface area contributed by atoms with E-state index in [9.17, 15) is 9.90 Å². The number of hydrogen-bond donors (Lipinski definition) is 1. The summed E-state index contributed by atoms with van der Waals surface area (Å²) in [5.41, 5.74) is 2.90. The highest BCUT2D eigenvalue weighted by Crippen LogP contribution is 2.30. The van der Waals surface area contributed by atoms with E-state index in [0.29, 0.717) is 12.0 Å². The Hall–Kier alpha value is -2.17. The van der Waals surface area contributed by atoms with Crippen LogP contribution in [0.3, 0.4) is 0 Å². The Morgan fingerprint density at radius 2 is 1.69 bits per heavy atom. The molecule has 0 aromatic heterocycles. The Bertz CT molecular complexity index is 744. The number of rotatable bonds is 4. The number of nitrogens with zero attached hydrogens (tertiary/aromatic N) is 2. The van der Waals surface area contributed by atoms with Gasteiger partial charge in [0.1, 0.15) is 0 Å². The van der Waals surface area contributed by atoms with Gasteiger partial charge >= 0.3 is 0 Å². The molecule has 2 bridgehead atoms. The molecule has 3 aliphatic heterocycles. The van der Waals surface area contributed by atoms with Crippen LogP contribution in [0.15, 0.2) is 54.6 Å². The van der Waals surface area contributed by atoms with E-state index in [1.807, 2.05) is 29.2 Å². The molecule has 26 heavy (non-hydrogen) atoms. The van der Waals surface area contributed by atoms with E-state index in [2.05, 4.69) is 35.2 Å². The number of carbonyl (C=O) groups excluding carboxylic acids is 1. The Balaban J connectivity index is 1.47. The number of benzene rings is 2. The van der Waals surface area contributed by atoms with Crippen LogP contribution in [0.1, 0.15) is 34.3 Å². The molecule has 3 aliphatic rings. The van der Waals surface area contributed by atoms with Gasteiger partial charge < -0.3 is 10.0 Å². The van der Waals surface area contributed by atoms with Gasteiger partial charge in [-0.25, -0.2) is 0 Å². The fourth-order valence-corrected chi connectivity index (χ4v) is 4.29. The number of hydrogen-bond acceptors (Lipinski definition) is 3. The first-order valence-corrected chi connectivity index (χ1v) is 9.50. The van der Waals surface area contributed by atoms with Gasteiger partial charge in [0.05, 0.1) is 6.61 Å². The van der Waals surface area contributed by atoms with Crippen molar-refractivity contribution < 1.29 is 9.90 Å². The van der Waals surface area contributed by atoms with Crippen LogP contribution in [0.2, 0.25) is 0 Å². The van der Waals surface area contributed by atoms with Crippen LogP contribution in [0.25, 0.3) is 0 Å². The first kappa shape index (κ1) is 17.3. The molecule has 0 spiro atoms. The van der Waals surface area contributed by atoms with Crippen molar-refractivity contribution in [3.63, 3.8) is 0 Å². The standard InChI is InChI=1S/C22H26N2O2/c25-16-18-6-9-20(10-7-18)22(26)24-14-19-8-11-21(15-24)23(13-19)12-17-4-2-1-3-5-17/h1-7,9-10,19,21,25H,8,11-16H2/t19-,21-/m0/s1. The molecule has 5 rings (SSSR count). The largest absolute Gasteiger partial charge is 0.392 e. The number of piperidine rings is 1. The van der Waals surface area contributed by atoms with E-state index in [-0.39, 0.29) is 12.5 Å². The fourth-order valence-electron chi connectivity index (χ4n) is 4.29. The molecule has 0 radical (unpaired) electrons. The Labute approximate surface area is 155 Å². The molecular weight excluding hydrogens is 324 g/mol. The molecule has 0 saturated carbocycles. The highest BCUT2D eigenvalue weighted by molar-refractivity contribution is 5.94. The van der Waals surface area contributed by atoms with Gasteiger partial charge in [-0.3, -0.25) is 9.69 Å². The number of fused-ring (bicyclic) bond motifs is 4. The van der Waals surface area contributed by atoms with Crippen LogP contribution in [0.5, 0.6) is 0 Å². The second-order valence-electron chi connectivity index (χ2n) is 7.58. The third-order valence-electron chi connectivity index (χ3n) is 5.73. The zero-order valence-electron chi connectivity index (χ0n) is 15.1. The van der Waals surface area contributed by atoms with Crippen molar-refractivity contribution in [1.82, 2.24) is 9.80 Å². The van der Waals surface area contributed by atoms with E-state index in [1.165, 1.54) is 18.4 Å². The minimum Gasteiger partial charge on any atom is -0.392 e. The summed E-state index contributed by atoms with van der Waals surface area (Å²) in [5.74, 6) is 0.672. The summed E-state index contributed by atoms with van der Waals surface area (Å²) in [6.45, 7) is 3.71. The van der Waals surface area contributed by atoms with Gasteiger partial charge in [0.25, 0.3) is 5.91 Å². The molecule has 3 saturated heterocycles. The molecule has 1 N–H and O–H groups in total. The molecule has 1 amide bonds. The van der Waals surface area contributed by atoms with Gasteiger partial charge in [0.2, 0.25) is 0 Å². The van der Waals surface area contributed by atoms with Gasteiger partial charge in [0.15, 0.2) is 0 Å². The van der Waals surface area contributed by atoms with E-state index in [0.717, 1.165) is 37.3 Å². The highest BCUT2D eigenvalue weighted by atomic mass is 16.3. The van der Waals surface area contributed by atoms with E-state index in [1.54, 1.807) is 0 Å². The van der Waals surface area contributed by atoms with Crippen LogP contribution in [0.4, 0.5) is 0 Å². The lowest BCUT2D eigenvalue weighted by Gasteiger charge is -2.36. The molecule has 4 nitrogen and oxygen atoms in total. The predicted molar refractivity (Wildman–Crippen MR) is 102 cm³/mol. The topological polar surface area (TPSA) is 43.8 Å². The van der Waals surface area contributed by atoms with Crippen molar-refractivity contribution in [2.45, 2.75) is 32.0 Å².